The van der Waals surface area contributed by atoms with Crippen molar-refractivity contribution >= 4 is 23.0 Å². The second-order valence-electron chi connectivity index (χ2n) is 3.17. The number of hydrogen-bond acceptors (Lipinski definition) is 3. The number of amides is 1. The molecule has 4 heteroatoms. The number of rotatable bonds is 5. The predicted octanol–water partition coefficient (Wildman–Crippen LogP) is 1.97. The second kappa shape index (κ2) is 5.27. The zero-order valence-corrected chi connectivity index (χ0v) is 8.73. The van der Waals surface area contributed by atoms with Crippen LogP contribution in [0, 0.1) is 0 Å². The van der Waals surface area contributed by atoms with Crippen LogP contribution in [-0.4, -0.2) is 21.9 Å². The van der Waals surface area contributed by atoms with E-state index in [-0.39, 0.29) is 11.0 Å². The first-order valence-corrected chi connectivity index (χ1v) is 5.52. The van der Waals surface area contributed by atoms with Crippen LogP contribution in [0.25, 0.3) is 0 Å². The Kier molecular flexibility index (Phi) is 4.28. The van der Waals surface area contributed by atoms with Crippen molar-refractivity contribution in [3.05, 3.63) is 0 Å². The van der Waals surface area contributed by atoms with Gasteiger partial charge in [0.25, 0.3) is 0 Å². The first-order valence-electron chi connectivity index (χ1n) is 4.75. The molecular weight excluding hydrogens is 186 g/mol. The number of unbranched alkanes of at least 4 members (excludes halogenated alkanes) is 2. The van der Waals surface area contributed by atoms with E-state index < -0.39 is 0 Å². The van der Waals surface area contributed by atoms with Crippen molar-refractivity contribution in [2.45, 2.75) is 39.0 Å². The average molecular weight is 201 g/mol. The van der Waals surface area contributed by atoms with E-state index in [4.69, 9.17) is 0 Å². The highest BCUT2D eigenvalue weighted by Crippen LogP contribution is 2.22. The summed E-state index contributed by atoms with van der Waals surface area (Å²) in [5.41, 5.74) is 0. The third kappa shape index (κ3) is 3.38. The van der Waals surface area contributed by atoms with Gasteiger partial charge in [-0.25, -0.2) is 0 Å². The summed E-state index contributed by atoms with van der Waals surface area (Å²) in [6, 6.07) is 0. The summed E-state index contributed by atoms with van der Waals surface area (Å²) < 4.78 is 1.55. The molecule has 1 heterocycles. The molecule has 0 spiro atoms. The lowest BCUT2D eigenvalue weighted by Gasteiger charge is -2.27. The first-order chi connectivity index (χ1) is 6.24. The van der Waals surface area contributed by atoms with Crippen LogP contribution in [0.5, 0.6) is 0 Å². The molecule has 0 aliphatic carbocycles. The highest BCUT2D eigenvalue weighted by Gasteiger charge is 2.26. The van der Waals surface area contributed by atoms with E-state index in [1.165, 1.54) is 0 Å². The molecule has 13 heavy (non-hydrogen) atoms. The van der Waals surface area contributed by atoms with Crippen LogP contribution >= 0.6 is 11.9 Å². The Bertz CT molecular complexity index is 206. The minimum atomic E-state index is 0.0915. The van der Waals surface area contributed by atoms with Gasteiger partial charge in [-0.1, -0.05) is 19.8 Å². The molecule has 74 valence electrons. The van der Waals surface area contributed by atoms with Crippen molar-refractivity contribution in [1.29, 1.82) is 0 Å². The van der Waals surface area contributed by atoms with Gasteiger partial charge in [-0.2, -0.15) is 0 Å². The Morgan fingerprint density at radius 2 is 2.31 bits per heavy atom. The van der Waals surface area contributed by atoms with Gasteiger partial charge >= 0.3 is 0 Å². The lowest BCUT2D eigenvalue weighted by Crippen LogP contribution is -2.38. The van der Waals surface area contributed by atoms with Crippen LogP contribution in [0.1, 0.15) is 39.0 Å². The molecule has 1 rings (SSSR count). The van der Waals surface area contributed by atoms with E-state index in [0.29, 0.717) is 12.8 Å². The molecule has 0 saturated carbocycles. The highest BCUT2D eigenvalue weighted by molar-refractivity contribution is 8.12. The molecule has 3 nitrogen and oxygen atoms in total. The van der Waals surface area contributed by atoms with E-state index >= 15 is 0 Å². The molecule has 0 aromatic heterocycles. The van der Waals surface area contributed by atoms with Gasteiger partial charge in [0.15, 0.2) is 0 Å². The zero-order valence-electron chi connectivity index (χ0n) is 7.91. The molecule has 1 saturated heterocycles. The third-order valence-electron chi connectivity index (χ3n) is 2.00. The number of hydrogen-bond donors (Lipinski definition) is 0. The third-order valence-corrected chi connectivity index (χ3v) is 3.02. The fourth-order valence-corrected chi connectivity index (χ4v) is 1.94. The number of carbonyl (C=O) groups excluding carboxylic acids is 2. The van der Waals surface area contributed by atoms with E-state index in [1.807, 2.05) is 0 Å². The quantitative estimate of drug-likeness (QED) is 0.388. The van der Waals surface area contributed by atoms with Gasteiger partial charge in [-0.3, -0.25) is 13.9 Å². The largest absolute Gasteiger partial charge is 0.285 e. The molecule has 0 atom stereocenters. The molecule has 1 fully saturated rings. The number of carbonyl (C=O) groups is 2. The Morgan fingerprint density at radius 1 is 1.54 bits per heavy atom. The van der Waals surface area contributed by atoms with E-state index in [2.05, 4.69) is 6.92 Å². The fourth-order valence-electron chi connectivity index (χ4n) is 1.08. The summed E-state index contributed by atoms with van der Waals surface area (Å²) in [7, 11) is 0. The molecule has 0 aromatic rings. The topological polar surface area (TPSA) is 37.4 Å². The van der Waals surface area contributed by atoms with Crippen molar-refractivity contribution in [2.75, 3.05) is 6.54 Å². The number of β-lactam (4-membered cyclic amide) rings is 1. The summed E-state index contributed by atoms with van der Waals surface area (Å²) >= 11 is 1.09. The van der Waals surface area contributed by atoms with Crippen molar-refractivity contribution < 1.29 is 9.59 Å². The molecule has 1 aliphatic rings. The van der Waals surface area contributed by atoms with Crippen LogP contribution in [0.3, 0.4) is 0 Å². The molecule has 1 amide bonds. The van der Waals surface area contributed by atoms with Gasteiger partial charge < -0.3 is 0 Å². The van der Waals surface area contributed by atoms with Crippen molar-refractivity contribution in [1.82, 2.24) is 4.31 Å². The van der Waals surface area contributed by atoms with Crippen LogP contribution in [0.2, 0.25) is 0 Å². The van der Waals surface area contributed by atoms with Crippen molar-refractivity contribution in [3.8, 4) is 0 Å². The SMILES string of the molecule is CCCCCC(=O)SN1CCC1=O. The standard InChI is InChI=1S/C9H15NO2S/c1-2-3-4-5-9(12)13-10-7-6-8(10)11/h2-7H2,1H3. The van der Waals surface area contributed by atoms with Gasteiger partial charge in [-0.15, -0.1) is 0 Å². The lowest BCUT2D eigenvalue weighted by atomic mass is 10.2. The maximum atomic E-state index is 11.2. The molecule has 0 aromatic carbocycles. The Hall–Kier alpha value is -0.510. The van der Waals surface area contributed by atoms with E-state index in [9.17, 15) is 9.59 Å². The Morgan fingerprint density at radius 3 is 2.77 bits per heavy atom. The predicted molar refractivity (Wildman–Crippen MR) is 53.1 cm³/mol. The smallest absolute Gasteiger partial charge is 0.234 e. The number of nitrogens with zero attached hydrogens (tertiary/aromatic N) is 1. The van der Waals surface area contributed by atoms with Crippen LogP contribution in [-0.2, 0) is 9.59 Å². The monoisotopic (exact) mass is 201 g/mol. The Balaban J connectivity index is 2.07. The minimum absolute atomic E-state index is 0.0915. The molecule has 1 aliphatic heterocycles. The first kappa shape index (κ1) is 10.6. The van der Waals surface area contributed by atoms with Crippen molar-refractivity contribution in [2.24, 2.45) is 0 Å². The lowest BCUT2D eigenvalue weighted by molar-refractivity contribution is -0.133. The van der Waals surface area contributed by atoms with Gasteiger partial charge in [0, 0.05) is 31.3 Å². The summed E-state index contributed by atoms with van der Waals surface area (Å²) in [6.45, 7) is 2.85. The summed E-state index contributed by atoms with van der Waals surface area (Å²) in [6.07, 6.45) is 4.38. The summed E-state index contributed by atoms with van der Waals surface area (Å²) in [5.74, 6) is 0.0915. The average Bonchev–Trinajstić information content (AvgIpc) is 2.12. The minimum Gasteiger partial charge on any atom is -0.285 e. The zero-order chi connectivity index (χ0) is 9.68. The van der Waals surface area contributed by atoms with Crippen LogP contribution in [0.4, 0.5) is 0 Å². The second-order valence-corrected chi connectivity index (χ2v) is 4.24. The molecule has 0 radical (unpaired) electrons. The summed E-state index contributed by atoms with van der Waals surface area (Å²) in [5, 5.41) is 0.126. The van der Waals surface area contributed by atoms with Gasteiger partial charge in [0.2, 0.25) is 11.0 Å². The van der Waals surface area contributed by atoms with Crippen LogP contribution in [0.15, 0.2) is 0 Å². The fraction of sp³-hybridized carbons (Fsp3) is 0.778. The maximum absolute atomic E-state index is 11.2. The van der Waals surface area contributed by atoms with Gasteiger partial charge in [0.05, 0.1) is 0 Å². The molecule has 0 bridgehead atoms. The van der Waals surface area contributed by atoms with Gasteiger partial charge in [-0.05, 0) is 6.42 Å². The molecule has 0 N–H and O–H groups in total. The maximum Gasteiger partial charge on any atom is 0.234 e. The summed E-state index contributed by atoms with van der Waals surface area (Å²) in [4.78, 5) is 22.1. The normalized spacial score (nSPS) is 15.8. The van der Waals surface area contributed by atoms with E-state index in [0.717, 1.165) is 37.8 Å². The molecular formula is C9H15NO2S. The van der Waals surface area contributed by atoms with Crippen LogP contribution < -0.4 is 0 Å². The molecule has 0 unspecified atom stereocenters. The highest BCUT2D eigenvalue weighted by atomic mass is 32.2. The van der Waals surface area contributed by atoms with Gasteiger partial charge in [0.1, 0.15) is 0 Å². The van der Waals surface area contributed by atoms with Crippen molar-refractivity contribution in [3.63, 3.8) is 0 Å². The Labute approximate surface area is 83.0 Å². The van der Waals surface area contributed by atoms with E-state index in [1.54, 1.807) is 4.31 Å².